The Morgan fingerprint density at radius 3 is 1.06 bits per heavy atom. The second-order valence-corrected chi connectivity index (χ2v) is 12.2. The second-order valence-electron chi connectivity index (χ2n) is 7.75. The van der Waals surface area contributed by atoms with Gasteiger partial charge in [0.25, 0.3) is 0 Å². The molecule has 8 nitrogen and oxygen atoms in total. The molecule has 0 aliphatic rings. The average molecular weight is 515 g/mol. The summed E-state index contributed by atoms with van der Waals surface area (Å²) in [4.78, 5) is 23.0. The summed E-state index contributed by atoms with van der Waals surface area (Å²) >= 11 is 0. The van der Waals surface area contributed by atoms with Gasteiger partial charge in [0.2, 0.25) is 0 Å². The molecule has 0 N–H and O–H groups in total. The van der Waals surface area contributed by atoms with Gasteiger partial charge in [-0.15, -0.1) is 0 Å². The van der Waals surface area contributed by atoms with Gasteiger partial charge in [0, 0.05) is 0 Å². The summed E-state index contributed by atoms with van der Waals surface area (Å²) in [5.74, 6) is -5.65. The average Bonchev–Trinajstić information content (AvgIpc) is 2.64. The van der Waals surface area contributed by atoms with Crippen LogP contribution in [-0.2, 0) is 29.3 Å². The van der Waals surface area contributed by atoms with Crippen molar-refractivity contribution in [3.63, 3.8) is 0 Å². The number of hydrogen-bond acceptors (Lipinski definition) is 8. The van der Waals surface area contributed by atoms with Crippen LogP contribution in [0.25, 0.3) is 0 Å². The number of carboxylic acid groups (broad SMARTS) is 2. The molecule has 0 amide bonds. The van der Waals surface area contributed by atoms with Gasteiger partial charge in [0.15, 0.2) is 19.7 Å². The third kappa shape index (κ3) is 15.0. The molecule has 0 aliphatic carbocycles. The Morgan fingerprint density at radius 1 is 0.562 bits per heavy atom. The van der Waals surface area contributed by atoms with Crippen LogP contribution in [0.4, 0.5) is 0 Å². The van der Waals surface area contributed by atoms with Gasteiger partial charge in [-0.3, -0.25) is 0 Å². The van der Waals surface area contributed by atoms with E-state index in [0.29, 0.717) is 12.8 Å². The summed E-state index contributed by atoms with van der Waals surface area (Å²) in [5.41, 5.74) is 0. The third-order valence-electron chi connectivity index (χ3n) is 5.08. The molecule has 2 unspecified atom stereocenters. The van der Waals surface area contributed by atoms with E-state index in [2.05, 4.69) is 0 Å². The number of carboxylic acids is 2. The zero-order chi connectivity index (χ0) is 23.2. The van der Waals surface area contributed by atoms with Crippen LogP contribution < -0.4 is 69.3 Å². The van der Waals surface area contributed by atoms with Crippen molar-refractivity contribution in [3.8, 4) is 0 Å². The second kappa shape index (κ2) is 20.1. The van der Waals surface area contributed by atoms with Gasteiger partial charge >= 0.3 is 59.1 Å². The summed E-state index contributed by atoms with van der Waals surface area (Å²) in [6, 6.07) is 0. The van der Waals surface area contributed by atoms with Crippen LogP contribution in [0, 0.1) is 0 Å². The normalized spacial score (nSPS) is 13.4. The van der Waals surface area contributed by atoms with E-state index < -0.39 is 53.6 Å². The van der Waals surface area contributed by atoms with Crippen molar-refractivity contribution in [2.75, 3.05) is 11.5 Å². The maximum absolute atomic E-state index is 12.5. The Balaban J connectivity index is -0.00000420. The van der Waals surface area contributed by atoms with Crippen molar-refractivity contribution in [2.24, 2.45) is 0 Å². The molecular formula is C20H36Na2O8S2. The van der Waals surface area contributed by atoms with E-state index in [1.165, 1.54) is 0 Å². The molecule has 0 aromatic heterocycles. The number of carbonyl (C=O) groups excluding carboxylic acids is 2. The van der Waals surface area contributed by atoms with Crippen molar-refractivity contribution in [3.05, 3.63) is 0 Å². The molecule has 0 bridgehead atoms. The van der Waals surface area contributed by atoms with E-state index in [-0.39, 0.29) is 72.0 Å². The van der Waals surface area contributed by atoms with Crippen LogP contribution in [0.15, 0.2) is 0 Å². The van der Waals surface area contributed by atoms with Crippen molar-refractivity contribution >= 4 is 31.6 Å². The molecule has 12 heteroatoms. The predicted octanol–water partition coefficient (Wildman–Crippen LogP) is -5.22. The smallest absolute Gasteiger partial charge is 0.549 e. The number of unbranched alkanes of at least 4 members (excludes halogenated alkanes) is 10. The molecule has 2 atom stereocenters. The van der Waals surface area contributed by atoms with E-state index in [4.69, 9.17) is 0 Å². The summed E-state index contributed by atoms with van der Waals surface area (Å²) in [7, 11) is -9.09. The van der Waals surface area contributed by atoms with E-state index >= 15 is 0 Å². The molecule has 0 aliphatic heterocycles. The van der Waals surface area contributed by atoms with E-state index in [1.807, 2.05) is 13.8 Å². The predicted molar refractivity (Wildman–Crippen MR) is 112 cm³/mol. The first kappa shape index (κ1) is 37.4. The van der Waals surface area contributed by atoms with Gasteiger partial charge in [0.1, 0.15) is 10.5 Å². The number of carbonyl (C=O) groups is 2. The minimum Gasteiger partial charge on any atom is -0.549 e. The largest absolute Gasteiger partial charge is 1.00 e. The van der Waals surface area contributed by atoms with Gasteiger partial charge in [-0.2, -0.15) is 0 Å². The van der Waals surface area contributed by atoms with Gasteiger partial charge < -0.3 is 19.8 Å². The third-order valence-corrected chi connectivity index (χ3v) is 9.44. The fourth-order valence-electron chi connectivity index (χ4n) is 3.34. The summed E-state index contributed by atoms with van der Waals surface area (Å²) in [5, 5.41) is 17.7. The first-order valence-corrected chi connectivity index (χ1v) is 14.3. The van der Waals surface area contributed by atoms with Crippen LogP contribution in [0.5, 0.6) is 0 Å². The molecule has 32 heavy (non-hydrogen) atoms. The Labute approximate surface area is 238 Å². The molecule has 0 rings (SSSR count). The summed E-state index contributed by atoms with van der Waals surface area (Å²) in [6.45, 7) is 4.06. The quantitative estimate of drug-likeness (QED) is 0.123. The van der Waals surface area contributed by atoms with Crippen molar-refractivity contribution < 1.29 is 95.8 Å². The number of hydrogen-bond donors (Lipinski definition) is 0. The number of rotatable bonds is 19. The Bertz CT molecular complexity index is 662. The van der Waals surface area contributed by atoms with Gasteiger partial charge in [-0.1, -0.05) is 78.1 Å². The summed E-state index contributed by atoms with van der Waals surface area (Å²) < 4.78 is 50.1. The standard InChI is InChI=1S/C20H38O8S2.2Na/c1-3-5-7-9-11-13-15-29(25,26)17(19(21)22)18(20(23)24)30(27,28)16-14-12-10-8-6-4-2;;/h17-18H,3-16H2,1-2H3,(H,21,22)(H,23,24);;/q;2*+1/p-2. The molecule has 0 aromatic carbocycles. The van der Waals surface area contributed by atoms with E-state index in [9.17, 15) is 36.6 Å². The van der Waals surface area contributed by atoms with E-state index in [1.54, 1.807) is 0 Å². The fourth-order valence-corrected chi connectivity index (χ4v) is 7.64. The first-order valence-electron chi connectivity index (χ1n) is 10.9. The van der Waals surface area contributed by atoms with Crippen molar-refractivity contribution in [1.82, 2.24) is 0 Å². The fraction of sp³-hybridized carbons (Fsp3) is 0.900. The zero-order valence-corrected chi connectivity index (χ0v) is 25.8. The molecule has 0 saturated carbocycles. The topological polar surface area (TPSA) is 149 Å². The molecule has 0 fully saturated rings. The van der Waals surface area contributed by atoms with Gasteiger partial charge in [-0.25, -0.2) is 16.8 Å². The SMILES string of the molecule is CCCCCCCCS(=O)(=O)C(C(=O)[O-])C(C(=O)[O-])S(=O)(=O)CCCCCCCC.[Na+].[Na+]. The minimum atomic E-state index is -4.55. The van der Waals surface area contributed by atoms with Crippen LogP contribution in [0.1, 0.15) is 90.9 Å². The van der Waals surface area contributed by atoms with E-state index in [0.717, 1.165) is 51.4 Å². The first-order chi connectivity index (χ1) is 14.0. The molecule has 178 valence electrons. The van der Waals surface area contributed by atoms with Gasteiger partial charge in [-0.05, 0) is 12.8 Å². The molecule has 0 saturated heterocycles. The van der Waals surface area contributed by atoms with Crippen LogP contribution in [0.3, 0.4) is 0 Å². The Hall–Kier alpha value is 0.840. The Kier molecular flexibility index (Phi) is 23.5. The number of aliphatic carboxylic acids is 2. The van der Waals surface area contributed by atoms with Crippen LogP contribution in [0.2, 0.25) is 0 Å². The molecule has 0 aromatic rings. The van der Waals surface area contributed by atoms with Crippen molar-refractivity contribution in [2.45, 2.75) is 101 Å². The maximum Gasteiger partial charge on any atom is 1.00 e. The number of sulfone groups is 2. The summed E-state index contributed by atoms with van der Waals surface area (Å²) in [6.07, 6.45) is 8.68. The molecule has 0 radical (unpaired) electrons. The maximum atomic E-state index is 12.5. The monoisotopic (exact) mass is 514 g/mol. The minimum absolute atomic E-state index is 0. The molecule has 0 spiro atoms. The van der Waals surface area contributed by atoms with Crippen LogP contribution in [-0.4, -0.2) is 50.8 Å². The Morgan fingerprint density at radius 2 is 0.812 bits per heavy atom. The zero-order valence-electron chi connectivity index (χ0n) is 20.1. The van der Waals surface area contributed by atoms with Crippen LogP contribution >= 0.6 is 0 Å². The van der Waals surface area contributed by atoms with Gasteiger partial charge in [0.05, 0.1) is 23.4 Å². The molecule has 0 heterocycles. The van der Waals surface area contributed by atoms with Crippen molar-refractivity contribution in [1.29, 1.82) is 0 Å². The molecular weight excluding hydrogens is 478 g/mol.